The van der Waals surface area contributed by atoms with Crippen LogP contribution in [-0.2, 0) is 14.3 Å². The number of nitrogens with two attached hydrogens (primary N) is 1. The average Bonchev–Trinajstić information content (AvgIpc) is 2.63. The van der Waals surface area contributed by atoms with Crippen LogP contribution in [0.2, 0.25) is 0 Å². The van der Waals surface area contributed by atoms with Crippen LogP contribution < -0.4 is 11.1 Å². The van der Waals surface area contributed by atoms with E-state index in [1.54, 1.807) is 26.0 Å². The lowest BCUT2D eigenvalue weighted by Gasteiger charge is -2.23. The summed E-state index contributed by atoms with van der Waals surface area (Å²) in [6.45, 7) is 3.41. The molecule has 1 aliphatic rings. The standard InChI is InChI=1S/C14H16N2O4/c1-14(2)10(7-11(17)20-14)13(19)16-9-5-3-8(4-6-9)12(15)18/h3-6,10H,7H2,1-2H3,(H2,15,18)(H,16,19)/t10-/m0/s1. The summed E-state index contributed by atoms with van der Waals surface area (Å²) >= 11 is 0. The Morgan fingerprint density at radius 3 is 2.35 bits per heavy atom. The summed E-state index contributed by atoms with van der Waals surface area (Å²) in [5, 5.41) is 2.70. The van der Waals surface area contributed by atoms with Gasteiger partial charge in [0.25, 0.3) is 0 Å². The fraction of sp³-hybridized carbons (Fsp3) is 0.357. The zero-order valence-corrected chi connectivity index (χ0v) is 11.3. The maximum Gasteiger partial charge on any atom is 0.307 e. The highest BCUT2D eigenvalue weighted by Gasteiger charge is 2.46. The minimum absolute atomic E-state index is 0.0677. The van der Waals surface area contributed by atoms with Crippen LogP contribution in [0.5, 0.6) is 0 Å². The van der Waals surface area contributed by atoms with Crippen LogP contribution in [0, 0.1) is 5.92 Å². The number of ether oxygens (including phenoxy) is 1. The molecule has 1 aliphatic heterocycles. The number of hydrogen-bond acceptors (Lipinski definition) is 4. The Balaban J connectivity index is 2.08. The lowest BCUT2D eigenvalue weighted by atomic mass is 9.90. The number of primary amides is 1. The first-order valence-electron chi connectivity index (χ1n) is 6.22. The number of amides is 2. The van der Waals surface area contributed by atoms with Crippen molar-refractivity contribution >= 4 is 23.5 Å². The maximum absolute atomic E-state index is 12.2. The quantitative estimate of drug-likeness (QED) is 0.806. The number of carbonyl (C=O) groups is 3. The van der Waals surface area contributed by atoms with Gasteiger partial charge < -0.3 is 15.8 Å². The van der Waals surface area contributed by atoms with Crippen LogP contribution in [0.4, 0.5) is 5.69 Å². The minimum Gasteiger partial charge on any atom is -0.459 e. The predicted molar refractivity (Wildman–Crippen MR) is 71.9 cm³/mol. The molecule has 1 saturated heterocycles. The second-order valence-electron chi connectivity index (χ2n) is 5.27. The third kappa shape index (κ3) is 2.79. The van der Waals surface area contributed by atoms with Gasteiger partial charge in [0.05, 0.1) is 12.3 Å². The highest BCUT2D eigenvalue weighted by atomic mass is 16.6. The summed E-state index contributed by atoms with van der Waals surface area (Å²) in [5.41, 5.74) is 5.22. The second kappa shape index (κ2) is 4.96. The van der Waals surface area contributed by atoms with Crippen molar-refractivity contribution < 1.29 is 19.1 Å². The average molecular weight is 276 g/mol. The Bertz CT molecular complexity index is 563. The molecular formula is C14H16N2O4. The molecule has 2 amide bonds. The highest BCUT2D eigenvalue weighted by Crippen LogP contribution is 2.33. The zero-order chi connectivity index (χ0) is 14.9. The Kier molecular flexibility index (Phi) is 3.48. The molecule has 0 saturated carbocycles. The fourth-order valence-corrected chi connectivity index (χ4v) is 2.17. The van der Waals surface area contributed by atoms with Crippen LogP contribution in [-0.4, -0.2) is 23.4 Å². The lowest BCUT2D eigenvalue weighted by molar-refractivity contribution is -0.147. The van der Waals surface area contributed by atoms with Crippen LogP contribution >= 0.6 is 0 Å². The van der Waals surface area contributed by atoms with E-state index in [2.05, 4.69) is 5.32 Å². The van der Waals surface area contributed by atoms with Crippen molar-refractivity contribution in [1.82, 2.24) is 0 Å². The molecule has 0 spiro atoms. The van der Waals surface area contributed by atoms with Gasteiger partial charge in [0.15, 0.2) is 0 Å². The van der Waals surface area contributed by atoms with Gasteiger partial charge in [-0.3, -0.25) is 14.4 Å². The first-order valence-corrected chi connectivity index (χ1v) is 6.22. The second-order valence-corrected chi connectivity index (χ2v) is 5.27. The van der Waals surface area contributed by atoms with Crippen molar-refractivity contribution in [3.63, 3.8) is 0 Å². The number of benzene rings is 1. The SMILES string of the molecule is CC1(C)OC(=O)C[C@H]1C(=O)Nc1ccc(C(N)=O)cc1. The molecule has 6 nitrogen and oxygen atoms in total. The van der Waals surface area contributed by atoms with E-state index in [9.17, 15) is 14.4 Å². The summed E-state index contributed by atoms with van der Waals surface area (Å²) in [6, 6.07) is 6.23. The molecule has 106 valence electrons. The molecule has 1 aromatic rings. The smallest absolute Gasteiger partial charge is 0.307 e. The third-order valence-electron chi connectivity index (χ3n) is 3.34. The van der Waals surface area contributed by atoms with Gasteiger partial charge in [0.1, 0.15) is 5.60 Å². The third-order valence-corrected chi connectivity index (χ3v) is 3.34. The summed E-state index contributed by atoms with van der Waals surface area (Å²) < 4.78 is 5.11. The summed E-state index contributed by atoms with van der Waals surface area (Å²) in [4.78, 5) is 34.4. The van der Waals surface area contributed by atoms with E-state index in [0.29, 0.717) is 11.3 Å². The largest absolute Gasteiger partial charge is 0.459 e. The number of nitrogens with one attached hydrogen (secondary N) is 1. The predicted octanol–water partition coefficient (Wildman–Crippen LogP) is 1.07. The number of cyclic esters (lactones) is 1. The molecule has 20 heavy (non-hydrogen) atoms. The minimum atomic E-state index is -0.811. The first kappa shape index (κ1) is 14.0. The van der Waals surface area contributed by atoms with Crippen LogP contribution in [0.15, 0.2) is 24.3 Å². The van der Waals surface area contributed by atoms with Gasteiger partial charge in [-0.1, -0.05) is 0 Å². The number of esters is 1. The highest BCUT2D eigenvalue weighted by molar-refractivity contribution is 5.98. The number of anilines is 1. The van der Waals surface area contributed by atoms with Crippen LogP contribution in [0.25, 0.3) is 0 Å². The van der Waals surface area contributed by atoms with Gasteiger partial charge in [-0.05, 0) is 38.1 Å². The monoisotopic (exact) mass is 276 g/mol. The van der Waals surface area contributed by atoms with Gasteiger partial charge in [-0.15, -0.1) is 0 Å². The molecule has 6 heteroatoms. The summed E-state index contributed by atoms with van der Waals surface area (Å²) in [5.74, 6) is -1.73. The van der Waals surface area contributed by atoms with Crippen molar-refractivity contribution in [2.24, 2.45) is 11.7 Å². The molecular weight excluding hydrogens is 260 g/mol. The van der Waals surface area contributed by atoms with E-state index in [0.717, 1.165) is 0 Å². The molecule has 1 atom stereocenters. The molecule has 1 aromatic carbocycles. The summed E-state index contributed by atoms with van der Waals surface area (Å²) in [6.07, 6.45) is 0.0677. The maximum atomic E-state index is 12.2. The molecule has 0 aliphatic carbocycles. The van der Waals surface area contributed by atoms with Crippen molar-refractivity contribution in [3.05, 3.63) is 29.8 Å². The summed E-state index contributed by atoms with van der Waals surface area (Å²) in [7, 11) is 0. The van der Waals surface area contributed by atoms with Gasteiger partial charge in [0, 0.05) is 11.3 Å². The van der Waals surface area contributed by atoms with E-state index in [-0.39, 0.29) is 18.3 Å². The van der Waals surface area contributed by atoms with Gasteiger partial charge >= 0.3 is 5.97 Å². The van der Waals surface area contributed by atoms with Gasteiger partial charge in [-0.2, -0.15) is 0 Å². The molecule has 0 aromatic heterocycles. The Morgan fingerprint density at radius 1 is 1.30 bits per heavy atom. The lowest BCUT2D eigenvalue weighted by Crippen LogP contribution is -2.36. The number of rotatable bonds is 3. The zero-order valence-electron chi connectivity index (χ0n) is 11.3. The van der Waals surface area contributed by atoms with Crippen molar-refractivity contribution in [2.45, 2.75) is 25.9 Å². The van der Waals surface area contributed by atoms with E-state index in [1.165, 1.54) is 12.1 Å². The van der Waals surface area contributed by atoms with E-state index < -0.39 is 17.4 Å². The topological polar surface area (TPSA) is 98.5 Å². The van der Waals surface area contributed by atoms with E-state index >= 15 is 0 Å². The molecule has 1 heterocycles. The Hall–Kier alpha value is -2.37. The normalized spacial score (nSPS) is 20.3. The fourth-order valence-electron chi connectivity index (χ4n) is 2.17. The molecule has 0 unspecified atom stereocenters. The molecule has 1 fully saturated rings. The molecule has 0 radical (unpaired) electrons. The van der Waals surface area contributed by atoms with E-state index in [1.807, 2.05) is 0 Å². The molecule has 3 N–H and O–H groups in total. The number of hydrogen-bond donors (Lipinski definition) is 2. The Labute approximate surface area is 116 Å². The molecule has 2 rings (SSSR count). The van der Waals surface area contributed by atoms with Crippen LogP contribution in [0.3, 0.4) is 0 Å². The van der Waals surface area contributed by atoms with Gasteiger partial charge in [0.2, 0.25) is 11.8 Å². The number of carbonyl (C=O) groups excluding carboxylic acids is 3. The van der Waals surface area contributed by atoms with Crippen molar-refractivity contribution in [3.8, 4) is 0 Å². The van der Waals surface area contributed by atoms with Crippen molar-refractivity contribution in [2.75, 3.05) is 5.32 Å². The molecule has 0 bridgehead atoms. The first-order chi connectivity index (χ1) is 9.29. The van der Waals surface area contributed by atoms with E-state index in [4.69, 9.17) is 10.5 Å². The van der Waals surface area contributed by atoms with Crippen molar-refractivity contribution in [1.29, 1.82) is 0 Å². The Morgan fingerprint density at radius 2 is 1.90 bits per heavy atom. The van der Waals surface area contributed by atoms with Crippen LogP contribution in [0.1, 0.15) is 30.6 Å². The van der Waals surface area contributed by atoms with Gasteiger partial charge in [-0.25, -0.2) is 0 Å².